The Balaban J connectivity index is 1.51. The Kier molecular flexibility index (Phi) is 6.33. The van der Waals surface area contributed by atoms with Crippen LogP contribution in [-0.4, -0.2) is 44.1 Å². The lowest BCUT2D eigenvalue weighted by atomic mass is 10.2. The molecule has 2 aromatic rings. The molecule has 0 unspecified atom stereocenters. The van der Waals surface area contributed by atoms with Crippen molar-refractivity contribution in [2.24, 2.45) is 0 Å². The van der Waals surface area contributed by atoms with Crippen LogP contribution in [0.1, 0.15) is 13.3 Å². The van der Waals surface area contributed by atoms with Crippen molar-refractivity contribution in [2.45, 2.75) is 19.4 Å². The van der Waals surface area contributed by atoms with Gasteiger partial charge < -0.3 is 24.4 Å². The van der Waals surface area contributed by atoms with Gasteiger partial charge in [0.15, 0.2) is 12.7 Å². The van der Waals surface area contributed by atoms with Crippen molar-refractivity contribution < 1.29 is 28.6 Å². The first-order valence-corrected chi connectivity index (χ1v) is 9.14. The average Bonchev–Trinajstić information content (AvgIpc) is 2.73. The summed E-state index contributed by atoms with van der Waals surface area (Å²) in [6.45, 7) is 1.56. The van der Waals surface area contributed by atoms with Gasteiger partial charge in [0.2, 0.25) is 0 Å². The average molecular weight is 398 g/mol. The molecular formula is C21H22N2O6. The molecule has 0 radical (unpaired) electrons. The number of fused-ring (bicyclic) bond motifs is 1. The molecule has 1 atom stereocenters. The Labute approximate surface area is 168 Å². The monoisotopic (exact) mass is 398 g/mol. The molecule has 8 heteroatoms. The molecule has 0 saturated heterocycles. The zero-order valence-electron chi connectivity index (χ0n) is 16.2. The smallest absolute Gasteiger partial charge is 0.308 e. The van der Waals surface area contributed by atoms with Crippen LogP contribution in [0, 0.1) is 0 Å². The topological polar surface area (TPSA) is 94.2 Å². The van der Waals surface area contributed by atoms with Crippen LogP contribution < -0.4 is 19.7 Å². The number of carbonyl (C=O) groups excluding carboxylic acids is 3. The number of para-hydroxylation sites is 2. The molecule has 0 saturated carbocycles. The predicted octanol–water partition coefficient (Wildman–Crippen LogP) is 2.38. The van der Waals surface area contributed by atoms with Crippen LogP contribution in [0.25, 0.3) is 0 Å². The van der Waals surface area contributed by atoms with E-state index in [4.69, 9.17) is 14.2 Å². The number of benzene rings is 2. The number of rotatable bonds is 7. The Morgan fingerprint density at radius 1 is 1.17 bits per heavy atom. The largest absolute Gasteiger partial charge is 0.497 e. The molecule has 0 fully saturated rings. The molecule has 1 N–H and O–H groups in total. The Morgan fingerprint density at radius 3 is 2.62 bits per heavy atom. The van der Waals surface area contributed by atoms with Crippen molar-refractivity contribution in [2.75, 3.05) is 30.5 Å². The number of anilines is 2. The van der Waals surface area contributed by atoms with E-state index >= 15 is 0 Å². The van der Waals surface area contributed by atoms with Gasteiger partial charge in [-0.2, -0.15) is 0 Å². The van der Waals surface area contributed by atoms with E-state index in [0.29, 0.717) is 22.9 Å². The highest BCUT2D eigenvalue weighted by Crippen LogP contribution is 2.31. The zero-order valence-corrected chi connectivity index (χ0v) is 16.2. The minimum Gasteiger partial charge on any atom is -0.497 e. The van der Waals surface area contributed by atoms with E-state index in [0.717, 1.165) is 0 Å². The van der Waals surface area contributed by atoms with Crippen LogP contribution in [0.3, 0.4) is 0 Å². The Hall–Kier alpha value is -3.55. The number of hydrogen-bond donors (Lipinski definition) is 1. The maximum atomic E-state index is 12.2. The summed E-state index contributed by atoms with van der Waals surface area (Å²) >= 11 is 0. The second-order valence-electron chi connectivity index (χ2n) is 6.40. The van der Waals surface area contributed by atoms with Gasteiger partial charge in [0.05, 0.1) is 19.2 Å². The number of nitrogens with one attached hydrogen (secondary N) is 1. The fourth-order valence-corrected chi connectivity index (χ4v) is 2.83. The summed E-state index contributed by atoms with van der Waals surface area (Å²) in [6.07, 6.45) is -1.02. The summed E-state index contributed by atoms with van der Waals surface area (Å²) in [5.41, 5.74) is 1.18. The molecule has 1 heterocycles. The SMILES string of the molecule is COc1ccc(NC(=O)[C@H](C)OC(=O)CCN2C(=O)COc3ccccc32)cc1. The van der Waals surface area contributed by atoms with Gasteiger partial charge in [0.25, 0.3) is 11.8 Å². The minimum atomic E-state index is -0.975. The lowest BCUT2D eigenvalue weighted by molar-refractivity contribution is -0.153. The van der Waals surface area contributed by atoms with E-state index in [1.807, 2.05) is 6.07 Å². The molecule has 152 valence electrons. The van der Waals surface area contributed by atoms with E-state index in [2.05, 4.69) is 5.32 Å². The molecule has 2 aromatic carbocycles. The van der Waals surface area contributed by atoms with E-state index in [1.54, 1.807) is 49.6 Å². The van der Waals surface area contributed by atoms with Gasteiger partial charge in [0, 0.05) is 12.2 Å². The minimum absolute atomic E-state index is 0.0414. The van der Waals surface area contributed by atoms with Gasteiger partial charge in [-0.1, -0.05) is 12.1 Å². The summed E-state index contributed by atoms with van der Waals surface area (Å²) in [7, 11) is 1.55. The van der Waals surface area contributed by atoms with E-state index < -0.39 is 18.0 Å². The van der Waals surface area contributed by atoms with Crippen LogP contribution in [0.5, 0.6) is 11.5 Å². The highest BCUT2D eigenvalue weighted by Gasteiger charge is 2.26. The Morgan fingerprint density at radius 2 is 1.90 bits per heavy atom. The number of amides is 2. The summed E-state index contributed by atoms with van der Waals surface area (Å²) in [5, 5.41) is 2.67. The summed E-state index contributed by atoms with van der Waals surface area (Å²) in [6, 6.07) is 13.9. The second-order valence-corrected chi connectivity index (χ2v) is 6.40. The molecule has 3 rings (SSSR count). The number of carbonyl (C=O) groups is 3. The lowest BCUT2D eigenvalue weighted by Gasteiger charge is -2.29. The third-order valence-corrected chi connectivity index (χ3v) is 4.38. The first kappa shape index (κ1) is 20.2. The van der Waals surface area contributed by atoms with E-state index in [-0.39, 0.29) is 25.5 Å². The third kappa shape index (κ3) is 5.04. The van der Waals surface area contributed by atoms with Crippen molar-refractivity contribution >= 4 is 29.2 Å². The van der Waals surface area contributed by atoms with Gasteiger partial charge in [-0.25, -0.2) is 0 Å². The summed E-state index contributed by atoms with van der Waals surface area (Å²) in [4.78, 5) is 38.0. The molecule has 1 aliphatic heterocycles. The fourth-order valence-electron chi connectivity index (χ4n) is 2.83. The predicted molar refractivity (Wildman–Crippen MR) is 106 cm³/mol. The molecule has 8 nitrogen and oxygen atoms in total. The number of esters is 1. The van der Waals surface area contributed by atoms with Gasteiger partial charge >= 0.3 is 5.97 Å². The van der Waals surface area contributed by atoms with Gasteiger partial charge in [-0.15, -0.1) is 0 Å². The summed E-state index contributed by atoms with van der Waals surface area (Å²) in [5.74, 6) is 0.00618. The lowest BCUT2D eigenvalue weighted by Crippen LogP contribution is -2.40. The zero-order chi connectivity index (χ0) is 20.8. The van der Waals surface area contributed by atoms with Crippen LogP contribution in [0.4, 0.5) is 11.4 Å². The first-order valence-electron chi connectivity index (χ1n) is 9.14. The summed E-state index contributed by atoms with van der Waals surface area (Å²) < 4.78 is 15.6. The van der Waals surface area contributed by atoms with Crippen molar-refractivity contribution in [3.05, 3.63) is 48.5 Å². The molecule has 0 bridgehead atoms. The molecule has 1 aliphatic rings. The fraction of sp³-hybridized carbons (Fsp3) is 0.286. The van der Waals surface area contributed by atoms with E-state index in [9.17, 15) is 14.4 Å². The molecule has 0 spiro atoms. The number of ether oxygens (including phenoxy) is 3. The molecule has 29 heavy (non-hydrogen) atoms. The normalized spacial score (nSPS) is 13.7. The highest BCUT2D eigenvalue weighted by atomic mass is 16.5. The first-order chi connectivity index (χ1) is 14.0. The standard InChI is InChI=1S/C21H22N2O6/c1-14(21(26)22-15-7-9-16(27-2)10-8-15)29-20(25)11-12-23-17-5-3-4-6-18(17)28-13-19(23)24/h3-10,14H,11-13H2,1-2H3,(H,22,26)/t14-/m0/s1. The number of methoxy groups -OCH3 is 1. The van der Waals surface area contributed by atoms with Gasteiger partial charge in [0.1, 0.15) is 11.5 Å². The van der Waals surface area contributed by atoms with Crippen molar-refractivity contribution in [1.29, 1.82) is 0 Å². The van der Waals surface area contributed by atoms with Crippen LogP contribution in [0.15, 0.2) is 48.5 Å². The number of nitrogens with zero attached hydrogens (tertiary/aromatic N) is 1. The highest BCUT2D eigenvalue weighted by molar-refractivity contribution is 5.98. The molecule has 0 aliphatic carbocycles. The quantitative estimate of drug-likeness (QED) is 0.720. The number of hydrogen-bond acceptors (Lipinski definition) is 6. The van der Waals surface area contributed by atoms with Crippen molar-refractivity contribution in [1.82, 2.24) is 0 Å². The van der Waals surface area contributed by atoms with Crippen LogP contribution in [-0.2, 0) is 19.1 Å². The van der Waals surface area contributed by atoms with Gasteiger partial charge in [-0.05, 0) is 43.3 Å². The molecule has 2 amide bonds. The van der Waals surface area contributed by atoms with Crippen LogP contribution >= 0.6 is 0 Å². The van der Waals surface area contributed by atoms with Crippen molar-refractivity contribution in [3.8, 4) is 11.5 Å². The second kappa shape index (κ2) is 9.09. The maximum Gasteiger partial charge on any atom is 0.308 e. The van der Waals surface area contributed by atoms with Crippen molar-refractivity contribution in [3.63, 3.8) is 0 Å². The third-order valence-electron chi connectivity index (χ3n) is 4.38. The maximum absolute atomic E-state index is 12.2. The van der Waals surface area contributed by atoms with Crippen LogP contribution in [0.2, 0.25) is 0 Å². The molecular weight excluding hydrogens is 376 g/mol. The van der Waals surface area contributed by atoms with E-state index in [1.165, 1.54) is 11.8 Å². The Bertz CT molecular complexity index is 896. The molecule has 0 aromatic heterocycles. The van der Waals surface area contributed by atoms with Gasteiger partial charge in [-0.3, -0.25) is 14.4 Å².